The van der Waals surface area contributed by atoms with Gasteiger partial charge < -0.3 is 24.3 Å². The van der Waals surface area contributed by atoms with Crippen molar-refractivity contribution in [2.45, 2.75) is 79.6 Å². The SMILES string of the molecule is CCCC(C)CCCOCCOCCOCCOCC(=O)NCCCC(C)(C)CC. The molecule has 1 N–H and O–H groups in total. The molecule has 0 radical (unpaired) electrons. The Balaban J connectivity index is 3.24. The number of carbonyl (C=O) groups is 1. The van der Waals surface area contributed by atoms with Gasteiger partial charge in [0.05, 0.1) is 39.6 Å². The fourth-order valence-electron chi connectivity index (χ4n) is 3.02. The lowest BCUT2D eigenvalue weighted by molar-refractivity contribution is -0.126. The van der Waals surface area contributed by atoms with Crippen LogP contribution in [0.3, 0.4) is 0 Å². The second-order valence-electron chi connectivity index (χ2n) is 8.90. The van der Waals surface area contributed by atoms with Crippen molar-refractivity contribution in [3.8, 4) is 0 Å². The third kappa shape index (κ3) is 20.6. The summed E-state index contributed by atoms with van der Waals surface area (Å²) in [6.07, 6.45) is 8.20. The van der Waals surface area contributed by atoms with Gasteiger partial charge in [-0.2, -0.15) is 0 Å². The van der Waals surface area contributed by atoms with E-state index in [1.807, 2.05) is 0 Å². The van der Waals surface area contributed by atoms with E-state index in [9.17, 15) is 4.79 Å². The van der Waals surface area contributed by atoms with Gasteiger partial charge in [0.25, 0.3) is 0 Å². The van der Waals surface area contributed by atoms with Crippen LogP contribution in [0.4, 0.5) is 0 Å². The molecule has 0 rings (SSSR count). The van der Waals surface area contributed by atoms with Gasteiger partial charge >= 0.3 is 0 Å². The molecule has 0 saturated carbocycles. The van der Waals surface area contributed by atoms with E-state index in [-0.39, 0.29) is 12.5 Å². The molecule has 0 aromatic carbocycles. The van der Waals surface area contributed by atoms with Crippen molar-refractivity contribution in [2.24, 2.45) is 11.3 Å². The molecular formula is C24H49NO5. The fourth-order valence-corrected chi connectivity index (χ4v) is 3.02. The number of amides is 1. The third-order valence-electron chi connectivity index (χ3n) is 5.43. The van der Waals surface area contributed by atoms with E-state index < -0.39 is 0 Å². The van der Waals surface area contributed by atoms with Gasteiger partial charge in [0.1, 0.15) is 6.61 Å². The Bertz CT molecular complexity index is 390. The Hall–Kier alpha value is -0.690. The van der Waals surface area contributed by atoms with Crippen molar-refractivity contribution in [2.75, 3.05) is 59.4 Å². The first-order valence-electron chi connectivity index (χ1n) is 12.0. The molecular weight excluding hydrogens is 382 g/mol. The Kier molecular flexibility index (Phi) is 19.8. The van der Waals surface area contributed by atoms with E-state index in [0.717, 1.165) is 38.2 Å². The first-order chi connectivity index (χ1) is 14.4. The van der Waals surface area contributed by atoms with E-state index in [4.69, 9.17) is 18.9 Å². The quantitative estimate of drug-likeness (QED) is 0.254. The Morgan fingerprint density at radius 2 is 1.40 bits per heavy atom. The summed E-state index contributed by atoms with van der Waals surface area (Å²) in [5, 5.41) is 2.90. The topological polar surface area (TPSA) is 66.0 Å². The van der Waals surface area contributed by atoms with E-state index in [1.165, 1.54) is 19.3 Å². The lowest BCUT2D eigenvalue weighted by atomic mass is 9.85. The molecule has 0 fully saturated rings. The molecule has 180 valence electrons. The summed E-state index contributed by atoms with van der Waals surface area (Å²) in [6, 6.07) is 0. The number of hydrogen-bond acceptors (Lipinski definition) is 5. The van der Waals surface area contributed by atoms with Crippen LogP contribution in [-0.4, -0.2) is 65.3 Å². The van der Waals surface area contributed by atoms with Crippen molar-refractivity contribution < 1.29 is 23.7 Å². The second kappa shape index (κ2) is 20.2. The normalized spacial score (nSPS) is 12.8. The molecule has 0 aliphatic carbocycles. The number of hydrogen-bond donors (Lipinski definition) is 1. The summed E-state index contributed by atoms with van der Waals surface area (Å²) in [5.41, 5.74) is 0.349. The highest BCUT2D eigenvalue weighted by atomic mass is 16.6. The summed E-state index contributed by atoms with van der Waals surface area (Å²) >= 11 is 0. The van der Waals surface area contributed by atoms with Crippen LogP contribution in [0.15, 0.2) is 0 Å². The van der Waals surface area contributed by atoms with Crippen LogP contribution in [0, 0.1) is 11.3 Å². The Labute approximate surface area is 185 Å². The van der Waals surface area contributed by atoms with Crippen LogP contribution in [-0.2, 0) is 23.7 Å². The van der Waals surface area contributed by atoms with Gasteiger partial charge in [0, 0.05) is 13.2 Å². The minimum Gasteiger partial charge on any atom is -0.379 e. The highest BCUT2D eigenvalue weighted by Crippen LogP contribution is 2.25. The molecule has 0 saturated heterocycles. The number of nitrogens with one attached hydrogen (secondary N) is 1. The van der Waals surface area contributed by atoms with Crippen LogP contribution in [0.1, 0.15) is 79.6 Å². The number of rotatable bonds is 22. The zero-order valence-corrected chi connectivity index (χ0v) is 20.4. The largest absolute Gasteiger partial charge is 0.379 e. The van der Waals surface area contributed by atoms with Gasteiger partial charge in [-0.15, -0.1) is 0 Å². The zero-order valence-electron chi connectivity index (χ0n) is 20.4. The molecule has 0 aromatic rings. The average molecular weight is 432 g/mol. The maximum atomic E-state index is 11.7. The summed E-state index contributed by atoms with van der Waals surface area (Å²) in [5.74, 6) is 0.737. The van der Waals surface area contributed by atoms with Gasteiger partial charge in [0.15, 0.2) is 0 Å². The van der Waals surface area contributed by atoms with Gasteiger partial charge in [-0.25, -0.2) is 0 Å². The van der Waals surface area contributed by atoms with E-state index in [1.54, 1.807) is 0 Å². The summed E-state index contributed by atoms with van der Waals surface area (Å²) in [7, 11) is 0. The molecule has 1 unspecified atom stereocenters. The van der Waals surface area contributed by atoms with Gasteiger partial charge in [-0.05, 0) is 37.0 Å². The average Bonchev–Trinajstić information content (AvgIpc) is 2.71. The zero-order chi connectivity index (χ0) is 22.5. The number of carbonyl (C=O) groups excluding carboxylic acids is 1. The molecule has 0 bridgehead atoms. The van der Waals surface area contributed by atoms with E-state index in [0.29, 0.717) is 51.6 Å². The maximum Gasteiger partial charge on any atom is 0.245 e. The predicted molar refractivity (Wildman–Crippen MR) is 123 cm³/mol. The monoisotopic (exact) mass is 431 g/mol. The van der Waals surface area contributed by atoms with Crippen molar-refractivity contribution in [1.82, 2.24) is 5.32 Å². The van der Waals surface area contributed by atoms with Crippen molar-refractivity contribution >= 4 is 5.91 Å². The molecule has 0 heterocycles. The standard InChI is InChI=1S/C24H49NO5/c1-6-10-22(3)11-8-14-27-15-16-28-17-18-29-19-20-30-21-23(26)25-13-9-12-24(4,5)7-2/h22H,6-21H2,1-5H3,(H,25,26). The highest BCUT2D eigenvalue weighted by Gasteiger charge is 2.14. The molecule has 1 atom stereocenters. The maximum absolute atomic E-state index is 11.7. The first kappa shape index (κ1) is 29.3. The molecule has 0 aliphatic rings. The summed E-state index contributed by atoms with van der Waals surface area (Å²) in [4.78, 5) is 11.7. The predicted octanol–water partition coefficient (Wildman–Crippen LogP) is 4.60. The lowest BCUT2D eigenvalue weighted by Gasteiger charge is -2.22. The van der Waals surface area contributed by atoms with Crippen LogP contribution < -0.4 is 5.32 Å². The minimum atomic E-state index is -0.0625. The molecule has 30 heavy (non-hydrogen) atoms. The Morgan fingerprint density at radius 1 is 0.833 bits per heavy atom. The van der Waals surface area contributed by atoms with Crippen molar-refractivity contribution in [3.63, 3.8) is 0 Å². The summed E-state index contributed by atoms with van der Waals surface area (Å²) in [6.45, 7) is 16.1. The van der Waals surface area contributed by atoms with Gasteiger partial charge in [-0.3, -0.25) is 4.79 Å². The molecule has 0 aliphatic heterocycles. The Morgan fingerprint density at radius 3 is 1.97 bits per heavy atom. The second-order valence-corrected chi connectivity index (χ2v) is 8.90. The van der Waals surface area contributed by atoms with Crippen LogP contribution in [0.2, 0.25) is 0 Å². The number of ether oxygens (including phenoxy) is 4. The molecule has 0 spiro atoms. The first-order valence-corrected chi connectivity index (χ1v) is 12.0. The smallest absolute Gasteiger partial charge is 0.245 e. The van der Waals surface area contributed by atoms with Crippen molar-refractivity contribution in [1.29, 1.82) is 0 Å². The molecule has 6 nitrogen and oxygen atoms in total. The van der Waals surface area contributed by atoms with E-state index in [2.05, 4.69) is 39.9 Å². The summed E-state index contributed by atoms with van der Waals surface area (Å²) < 4.78 is 21.8. The molecule has 1 amide bonds. The van der Waals surface area contributed by atoms with Crippen LogP contribution in [0.5, 0.6) is 0 Å². The van der Waals surface area contributed by atoms with Crippen molar-refractivity contribution in [3.05, 3.63) is 0 Å². The minimum absolute atomic E-state index is 0.0625. The molecule has 0 aromatic heterocycles. The fraction of sp³-hybridized carbons (Fsp3) is 0.958. The third-order valence-corrected chi connectivity index (χ3v) is 5.43. The van der Waals surface area contributed by atoms with Gasteiger partial charge in [-0.1, -0.05) is 53.9 Å². The van der Waals surface area contributed by atoms with Gasteiger partial charge in [0.2, 0.25) is 5.91 Å². The van der Waals surface area contributed by atoms with E-state index >= 15 is 0 Å². The highest BCUT2D eigenvalue weighted by molar-refractivity contribution is 5.77. The molecule has 6 heteroatoms. The lowest BCUT2D eigenvalue weighted by Crippen LogP contribution is -2.29. The van der Waals surface area contributed by atoms with Crippen LogP contribution >= 0.6 is 0 Å². The van der Waals surface area contributed by atoms with Crippen LogP contribution in [0.25, 0.3) is 0 Å².